The van der Waals surface area contributed by atoms with Crippen LogP contribution >= 0.6 is 0 Å². The number of carboxylic acids is 1. The fourth-order valence-corrected chi connectivity index (χ4v) is 2.75. The van der Waals surface area contributed by atoms with Gasteiger partial charge in [0.25, 0.3) is 0 Å². The Balaban J connectivity index is 2.04. The zero-order valence-electron chi connectivity index (χ0n) is 12.8. The van der Waals surface area contributed by atoms with Gasteiger partial charge in [0.2, 0.25) is 0 Å². The summed E-state index contributed by atoms with van der Waals surface area (Å²) in [6.07, 6.45) is 0. The first-order valence-corrected chi connectivity index (χ1v) is 7.19. The number of amides is 2. The van der Waals surface area contributed by atoms with Crippen molar-refractivity contribution in [3.05, 3.63) is 64.7 Å². The summed E-state index contributed by atoms with van der Waals surface area (Å²) < 4.78 is 26.8. The number of halogens is 2. The molecule has 5 nitrogen and oxygen atoms in total. The summed E-state index contributed by atoms with van der Waals surface area (Å²) in [6.45, 7) is 0.274. The van der Waals surface area contributed by atoms with E-state index in [4.69, 9.17) is 5.11 Å². The van der Waals surface area contributed by atoms with Crippen molar-refractivity contribution in [1.82, 2.24) is 4.90 Å². The van der Waals surface area contributed by atoms with Crippen LogP contribution in [-0.2, 0) is 13.1 Å². The zero-order chi connectivity index (χ0) is 17.4. The summed E-state index contributed by atoms with van der Waals surface area (Å²) in [6, 6.07) is 7.18. The monoisotopic (exact) mass is 332 g/mol. The Morgan fingerprint density at radius 2 is 1.83 bits per heavy atom. The van der Waals surface area contributed by atoms with Crippen LogP contribution in [0.25, 0.3) is 0 Å². The minimum Gasteiger partial charge on any atom is -0.478 e. The fourth-order valence-electron chi connectivity index (χ4n) is 2.75. The standard InChI is InChI=1S/C17H14F2N2O3/c1-20-9-12-3-2-11(16(22)23)6-15(12)21(17(20)24)8-10-4-13(18)7-14(19)5-10/h2-7H,8-9H2,1H3,(H,22,23). The zero-order valence-corrected chi connectivity index (χ0v) is 12.8. The summed E-state index contributed by atoms with van der Waals surface area (Å²) in [4.78, 5) is 26.4. The fraction of sp³-hybridized carbons (Fsp3) is 0.176. The molecule has 0 fully saturated rings. The number of hydrogen-bond donors (Lipinski definition) is 1. The molecule has 0 radical (unpaired) electrons. The number of hydrogen-bond acceptors (Lipinski definition) is 2. The van der Waals surface area contributed by atoms with Gasteiger partial charge in [0.05, 0.1) is 17.8 Å². The van der Waals surface area contributed by atoms with Crippen LogP contribution in [0.1, 0.15) is 21.5 Å². The third kappa shape index (κ3) is 2.92. The van der Waals surface area contributed by atoms with Gasteiger partial charge in [-0.2, -0.15) is 0 Å². The minimum atomic E-state index is -1.11. The van der Waals surface area contributed by atoms with Crippen LogP contribution < -0.4 is 4.90 Å². The van der Waals surface area contributed by atoms with E-state index in [0.717, 1.165) is 23.8 Å². The molecule has 2 aromatic rings. The highest BCUT2D eigenvalue weighted by Gasteiger charge is 2.29. The quantitative estimate of drug-likeness (QED) is 0.939. The van der Waals surface area contributed by atoms with Gasteiger partial charge in [-0.15, -0.1) is 0 Å². The summed E-state index contributed by atoms with van der Waals surface area (Å²) in [5, 5.41) is 9.14. The lowest BCUT2D eigenvalue weighted by molar-refractivity contribution is 0.0696. The predicted octanol–water partition coefficient (Wildman–Crippen LogP) is 3.24. The van der Waals surface area contributed by atoms with Crippen molar-refractivity contribution in [2.45, 2.75) is 13.1 Å². The van der Waals surface area contributed by atoms with E-state index in [9.17, 15) is 18.4 Å². The van der Waals surface area contributed by atoms with Gasteiger partial charge in [0.15, 0.2) is 0 Å². The number of carbonyl (C=O) groups excluding carboxylic acids is 1. The number of fused-ring (bicyclic) bond motifs is 1. The van der Waals surface area contributed by atoms with Gasteiger partial charge in [-0.1, -0.05) is 6.07 Å². The third-order valence-electron chi connectivity index (χ3n) is 3.85. The number of urea groups is 1. The number of rotatable bonds is 3. The molecule has 3 rings (SSSR count). The highest BCUT2D eigenvalue weighted by molar-refractivity contribution is 5.97. The van der Waals surface area contributed by atoms with Gasteiger partial charge in [0, 0.05) is 19.7 Å². The van der Waals surface area contributed by atoms with E-state index in [2.05, 4.69) is 0 Å². The Morgan fingerprint density at radius 3 is 2.46 bits per heavy atom. The lowest BCUT2D eigenvalue weighted by atomic mass is 10.0. The molecule has 2 amide bonds. The van der Waals surface area contributed by atoms with Crippen LogP contribution in [0.2, 0.25) is 0 Å². The van der Waals surface area contributed by atoms with E-state index in [1.165, 1.54) is 21.9 Å². The molecule has 0 unspecified atom stereocenters. The van der Waals surface area contributed by atoms with Gasteiger partial charge >= 0.3 is 12.0 Å². The first-order chi connectivity index (χ1) is 11.3. The van der Waals surface area contributed by atoms with Crippen molar-refractivity contribution in [1.29, 1.82) is 0 Å². The molecule has 1 aliphatic heterocycles. The molecule has 1 aliphatic rings. The van der Waals surface area contributed by atoms with E-state index < -0.39 is 17.6 Å². The van der Waals surface area contributed by atoms with Gasteiger partial charge < -0.3 is 10.0 Å². The van der Waals surface area contributed by atoms with E-state index in [0.29, 0.717) is 12.2 Å². The Hall–Kier alpha value is -2.96. The summed E-state index contributed by atoms with van der Waals surface area (Å²) >= 11 is 0. The van der Waals surface area contributed by atoms with Crippen LogP contribution in [0.4, 0.5) is 19.3 Å². The maximum Gasteiger partial charge on any atom is 0.335 e. The average Bonchev–Trinajstić information content (AvgIpc) is 2.50. The van der Waals surface area contributed by atoms with Gasteiger partial charge in [0.1, 0.15) is 11.6 Å². The normalized spacial score (nSPS) is 13.9. The average molecular weight is 332 g/mol. The SMILES string of the molecule is CN1Cc2ccc(C(=O)O)cc2N(Cc2cc(F)cc(F)c2)C1=O. The molecule has 0 atom stereocenters. The van der Waals surface area contributed by atoms with Crippen molar-refractivity contribution in [2.24, 2.45) is 0 Å². The van der Waals surface area contributed by atoms with Crippen LogP contribution in [0, 0.1) is 11.6 Å². The van der Waals surface area contributed by atoms with Crippen LogP contribution in [0.15, 0.2) is 36.4 Å². The maximum absolute atomic E-state index is 13.4. The minimum absolute atomic E-state index is 0.0431. The predicted molar refractivity (Wildman–Crippen MR) is 82.8 cm³/mol. The molecule has 7 heteroatoms. The Bertz CT molecular complexity index is 818. The smallest absolute Gasteiger partial charge is 0.335 e. The molecule has 0 bridgehead atoms. The number of aromatic carboxylic acids is 1. The van der Waals surface area contributed by atoms with Gasteiger partial charge in [-0.25, -0.2) is 18.4 Å². The second-order valence-corrected chi connectivity index (χ2v) is 5.65. The van der Waals surface area contributed by atoms with Crippen molar-refractivity contribution in [3.63, 3.8) is 0 Å². The Morgan fingerprint density at radius 1 is 1.17 bits per heavy atom. The molecular weight excluding hydrogens is 318 g/mol. The van der Waals surface area contributed by atoms with Crippen molar-refractivity contribution in [3.8, 4) is 0 Å². The van der Waals surface area contributed by atoms with Gasteiger partial charge in [-0.05, 0) is 35.4 Å². The molecule has 0 aliphatic carbocycles. The Kier molecular flexibility index (Phi) is 3.92. The van der Waals surface area contributed by atoms with Crippen LogP contribution in [-0.4, -0.2) is 29.1 Å². The molecule has 124 valence electrons. The van der Waals surface area contributed by atoms with Crippen molar-refractivity contribution < 1.29 is 23.5 Å². The van der Waals surface area contributed by atoms with E-state index in [-0.39, 0.29) is 23.7 Å². The first kappa shape index (κ1) is 15.9. The molecule has 24 heavy (non-hydrogen) atoms. The molecule has 0 spiro atoms. The number of benzene rings is 2. The van der Waals surface area contributed by atoms with Crippen LogP contribution in [0.5, 0.6) is 0 Å². The largest absolute Gasteiger partial charge is 0.478 e. The first-order valence-electron chi connectivity index (χ1n) is 7.19. The highest BCUT2D eigenvalue weighted by Crippen LogP contribution is 2.30. The second-order valence-electron chi connectivity index (χ2n) is 5.65. The molecule has 2 aromatic carbocycles. The summed E-state index contributed by atoms with van der Waals surface area (Å²) in [5.41, 5.74) is 1.52. The molecular formula is C17H14F2N2O3. The highest BCUT2D eigenvalue weighted by atomic mass is 19.1. The van der Waals surface area contributed by atoms with Crippen molar-refractivity contribution in [2.75, 3.05) is 11.9 Å². The summed E-state index contributed by atoms with van der Waals surface area (Å²) in [7, 11) is 1.61. The topological polar surface area (TPSA) is 60.9 Å². The molecule has 1 heterocycles. The van der Waals surface area contributed by atoms with Crippen LogP contribution in [0.3, 0.4) is 0 Å². The van der Waals surface area contributed by atoms with E-state index in [1.807, 2.05) is 0 Å². The maximum atomic E-state index is 13.4. The number of nitrogens with zero attached hydrogens (tertiary/aromatic N) is 2. The summed E-state index contributed by atoms with van der Waals surface area (Å²) in [5.74, 6) is -2.58. The number of carboxylic acid groups (broad SMARTS) is 1. The third-order valence-corrected chi connectivity index (χ3v) is 3.85. The lowest BCUT2D eigenvalue weighted by Gasteiger charge is -2.35. The van der Waals surface area contributed by atoms with Crippen molar-refractivity contribution >= 4 is 17.7 Å². The molecule has 0 aromatic heterocycles. The molecule has 0 saturated heterocycles. The lowest BCUT2D eigenvalue weighted by Crippen LogP contribution is -2.44. The van der Waals surface area contributed by atoms with Gasteiger partial charge in [-0.3, -0.25) is 4.90 Å². The number of carbonyl (C=O) groups is 2. The van der Waals surface area contributed by atoms with E-state index >= 15 is 0 Å². The molecule has 0 saturated carbocycles. The molecule has 1 N–H and O–H groups in total. The second kappa shape index (κ2) is 5.92. The number of anilines is 1. The van der Waals surface area contributed by atoms with E-state index in [1.54, 1.807) is 13.1 Å². The Labute approximate surface area is 136 Å².